The fraction of sp³-hybridized carbons (Fsp3) is 0.240. The minimum absolute atomic E-state index is 0.0580. The molecule has 4 rings (SSSR count). The Hall–Kier alpha value is -4.23. The molecule has 2 aromatic carbocycles. The monoisotopic (exact) mass is 573 g/mol. The normalized spacial score (nSPS) is 11.1. The SMILES string of the molecule is COc1cc(Nc2ncc(Cl)c(Nc3ccc(C)cc3N(Cc3cnc[nH]3)S(C)(=O)=O)n2)cc(OC)c1OC. The van der Waals surface area contributed by atoms with Crippen molar-refractivity contribution in [2.75, 3.05) is 42.5 Å². The molecule has 2 aromatic heterocycles. The summed E-state index contributed by atoms with van der Waals surface area (Å²) in [6.45, 7) is 1.93. The van der Waals surface area contributed by atoms with Gasteiger partial charge in [-0.15, -0.1) is 0 Å². The zero-order chi connectivity index (χ0) is 28.2. The van der Waals surface area contributed by atoms with Crippen LogP contribution in [0, 0.1) is 6.92 Å². The largest absolute Gasteiger partial charge is 0.493 e. The van der Waals surface area contributed by atoms with Crippen molar-refractivity contribution in [2.24, 2.45) is 0 Å². The van der Waals surface area contributed by atoms with Crippen LogP contribution in [0.2, 0.25) is 5.02 Å². The van der Waals surface area contributed by atoms with Crippen molar-refractivity contribution in [3.05, 3.63) is 65.3 Å². The molecule has 0 atom stereocenters. The molecule has 0 aliphatic rings. The number of H-pyrrole nitrogens is 1. The molecule has 3 N–H and O–H groups in total. The van der Waals surface area contributed by atoms with Gasteiger partial charge in [0.1, 0.15) is 5.02 Å². The van der Waals surface area contributed by atoms with E-state index >= 15 is 0 Å². The first-order valence-electron chi connectivity index (χ1n) is 11.5. The maximum Gasteiger partial charge on any atom is 0.232 e. The molecular formula is C25H28ClN7O5S. The Morgan fingerprint density at radius 1 is 1.03 bits per heavy atom. The van der Waals surface area contributed by atoms with Gasteiger partial charge < -0.3 is 29.8 Å². The first-order valence-corrected chi connectivity index (χ1v) is 13.8. The van der Waals surface area contributed by atoms with Crippen LogP contribution in [0.5, 0.6) is 17.2 Å². The van der Waals surface area contributed by atoms with Gasteiger partial charge in [-0.25, -0.2) is 18.4 Å². The van der Waals surface area contributed by atoms with Gasteiger partial charge in [-0.2, -0.15) is 4.98 Å². The standard InChI is InChI=1S/C25H28ClN7O5S/c1-15-6-7-19(20(8-15)33(39(5,34)35)13-17-11-27-14-29-17)31-24-18(26)12-28-25(32-24)30-16-9-21(36-2)23(38-4)22(10-16)37-3/h6-12,14H,13H2,1-5H3,(H,27,29)(H2,28,30,31,32). The summed E-state index contributed by atoms with van der Waals surface area (Å²) in [6.07, 6.45) is 5.65. The third-order valence-corrected chi connectivity index (χ3v) is 7.01. The molecule has 39 heavy (non-hydrogen) atoms. The molecular weight excluding hydrogens is 546 g/mol. The summed E-state index contributed by atoms with van der Waals surface area (Å²) < 4.78 is 43.1. The molecule has 0 unspecified atom stereocenters. The number of imidazole rings is 1. The maximum absolute atomic E-state index is 12.8. The highest BCUT2D eigenvalue weighted by atomic mass is 35.5. The van der Waals surface area contributed by atoms with Crippen molar-refractivity contribution in [1.29, 1.82) is 0 Å². The molecule has 0 aliphatic carbocycles. The molecule has 2 heterocycles. The van der Waals surface area contributed by atoms with Gasteiger partial charge in [0.2, 0.25) is 21.7 Å². The van der Waals surface area contributed by atoms with Crippen LogP contribution < -0.4 is 29.1 Å². The molecule has 4 aromatic rings. The Morgan fingerprint density at radius 2 is 1.74 bits per heavy atom. The van der Waals surface area contributed by atoms with Gasteiger partial charge in [0, 0.05) is 24.0 Å². The highest BCUT2D eigenvalue weighted by molar-refractivity contribution is 7.92. The second-order valence-electron chi connectivity index (χ2n) is 8.42. The van der Waals surface area contributed by atoms with E-state index in [1.807, 2.05) is 13.0 Å². The number of halogens is 1. The third-order valence-electron chi connectivity index (χ3n) is 5.61. The number of aromatic amines is 1. The molecule has 14 heteroatoms. The molecule has 0 amide bonds. The van der Waals surface area contributed by atoms with Gasteiger partial charge in [-0.05, 0) is 24.6 Å². The lowest BCUT2D eigenvalue weighted by molar-refractivity contribution is 0.324. The van der Waals surface area contributed by atoms with Crippen molar-refractivity contribution in [3.63, 3.8) is 0 Å². The zero-order valence-electron chi connectivity index (χ0n) is 21.9. The second-order valence-corrected chi connectivity index (χ2v) is 10.7. The first kappa shape index (κ1) is 27.8. The summed E-state index contributed by atoms with van der Waals surface area (Å²) in [5.74, 6) is 1.84. The maximum atomic E-state index is 12.8. The number of anilines is 5. The number of methoxy groups -OCH3 is 3. The topological polar surface area (TPSA) is 144 Å². The lowest BCUT2D eigenvalue weighted by Gasteiger charge is -2.25. The predicted octanol–water partition coefficient (Wildman–Crippen LogP) is 4.64. The summed E-state index contributed by atoms with van der Waals surface area (Å²) in [4.78, 5) is 15.7. The van der Waals surface area contributed by atoms with Crippen molar-refractivity contribution in [2.45, 2.75) is 13.5 Å². The van der Waals surface area contributed by atoms with Gasteiger partial charge in [0.25, 0.3) is 0 Å². The molecule has 0 saturated carbocycles. The smallest absolute Gasteiger partial charge is 0.232 e. The fourth-order valence-corrected chi connectivity index (χ4v) is 4.81. The van der Waals surface area contributed by atoms with E-state index in [0.717, 1.165) is 11.8 Å². The summed E-state index contributed by atoms with van der Waals surface area (Å²) in [5, 5.41) is 6.50. The van der Waals surface area contributed by atoms with Gasteiger partial charge in [-0.3, -0.25) is 4.31 Å². The number of aromatic nitrogens is 4. The molecule has 12 nitrogen and oxygen atoms in total. The van der Waals surface area contributed by atoms with Gasteiger partial charge in [-0.1, -0.05) is 17.7 Å². The van der Waals surface area contributed by atoms with E-state index in [9.17, 15) is 8.42 Å². The van der Waals surface area contributed by atoms with E-state index in [2.05, 4.69) is 30.6 Å². The van der Waals surface area contributed by atoms with Crippen LogP contribution in [0.15, 0.2) is 49.1 Å². The average molecular weight is 574 g/mol. The minimum atomic E-state index is -3.67. The number of hydrogen-bond donors (Lipinski definition) is 3. The molecule has 0 spiro atoms. The van der Waals surface area contributed by atoms with Crippen LogP contribution in [-0.2, 0) is 16.6 Å². The first-order chi connectivity index (χ1) is 18.6. The Bertz CT molecular complexity index is 1540. The molecule has 0 saturated heterocycles. The Kier molecular flexibility index (Phi) is 8.31. The zero-order valence-corrected chi connectivity index (χ0v) is 23.5. The van der Waals surface area contributed by atoms with Crippen LogP contribution >= 0.6 is 11.6 Å². The average Bonchev–Trinajstić information content (AvgIpc) is 3.42. The van der Waals surface area contributed by atoms with E-state index in [1.165, 1.54) is 38.2 Å². The summed E-state index contributed by atoms with van der Waals surface area (Å²) >= 11 is 6.44. The Labute approximate surface area is 231 Å². The number of sulfonamides is 1. The molecule has 0 aliphatic heterocycles. The minimum Gasteiger partial charge on any atom is -0.493 e. The fourth-order valence-electron chi connectivity index (χ4n) is 3.79. The Morgan fingerprint density at radius 3 is 2.33 bits per heavy atom. The van der Waals surface area contributed by atoms with E-state index < -0.39 is 10.0 Å². The molecule has 0 bridgehead atoms. The van der Waals surface area contributed by atoms with E-state index in [4.69, 9.17) is 25.8 Å². The van der Waals surface area contributed by atoms with E-state index in [0.29, 0.717) is 40.0 Å². The third kappa shape index (κ3) is 6.44. The van der Waals surface area contributed by atoms with E-state index in [1.54, 1.807) is 30.5 Å². The second kappa shape index (κ2) is 11.7. The number of nitrogens with zero attached hydrogens (tertiary/aromatic N) is 4. The number of rotatable bonds is 11. The predicted molar refractivity (Wildman–Crippen MR) is 150 cm³/mol. The highest BCUT2D eigenvalue weighted by Gasteiger charge is 2.23. The summed E-state index contributed by atoms with van der Waals surface area (Å²) in [6, 6.07) is 8.81. The van der Waals surface area contributed by atoms with Crippen LogP contribution in [-0.4, -0.2) is 55.9 Å². The highest BCUT2D eigenvalue weighted by Crippen LogP contribution is 2.41. The number of hydrogen-bond acceptors (Lipinski definition) is 10. The molecule has 0 fully saturated rings. The number of benzene rings is 2. The summed E-state index contributed by atoms with van der Waals surface area (Å²) in [7, 11) is 0.893. The van der Waals surface area contributed by atoms with Crippen LogP contribution in [0.25, 0.3) is 0 Å². The van der Waals surface area contributed by atoms with Gasteiger partial charge in [0.15, 0.2) is 17.3 Å². The van der Waals surface area contributed by atoms with Gasteiger partial charge in [0.05, 0.1) is 63.7 Å². The van der Waals surface area contributed by atoms with Crippen molar-refractivity contribution < 1.29 is 22.6 Å². The number of nitrogens with one attached hydrogen (secondary N) is 3. The number of aryl methyl sites for hydroxylation is 1. The lowest BCUT2D eigenvalue weighted by atomic mass is 10.2. The quantitative estimate of drug-likeness (QED) is 0.232. The molecule has 206 valence electrons. The lowest BCUT2D eigenvalue weighted by Crippen LogP contribution is -2.30. The summed E-state index contributed by atoms with van der Waals surface area (Å²) in [5.41, 5.74) is 2.97. The molecule has 0 radical (unpaired) electrons. The van der Waals surface area contributed by atoms with E-state index in [-0.39, 0.29) is 23.3 Å². The van der Waals surface area contributed by atoms with Crippen molar-refractivity contribution in [1.82, 2.24) is 19.9 Å². The van der Waals surface area contributed by atoms with Crippen molar-refractivity contribution >= 4 is 50.5 Å². The van der Waals surface area contributed by atoms with Crippen LogP contribution in [0.3, 0.4) is 0 Å². The van der Waals surface area contributed by atoms with Crippen LogP contribution in [0.4, 0.5) is 28.8 Å². The van der Waals surface area contributed by atoms with Crippen LogP contribution in [0.1, 0.15) is 11.3 Å². The Balaban J connectivity index is 1.69. The van der Waals surface area contributed by atoms with Crippen molar-refractivity contribution in [3.8, 4) is 17.2 Å². The number of ether oxygens (including phenoxy) is 3. The van der Waals surface area contributed by atoms with Gasteiger partial charge >= 0.3 is 0 Å².